The number of halogens is 2. The second-order valence-corrected chi connectivity index (χ2v) is 6.48. The van der Waals surface area contributed by atoms with Gasteiger partial charge in [-0.1, -0.05) is 41.0 Å². The maximum absolute atomic E-state index is 6.01. The molecule has 0 radical (unpaired) electrons. The molecule has 25 heavy (non-hydrogen) atoms. The number of hydrogen-bond donors (Lipinski definition) is 1. The molecular formula is C17H17Cl2N3O2S. The first-order chi connectivity index (χ1) is 12.0. The van der Waals surface area contributed by atoms with Crippen LogP contribution in [0.25, 0.3) is 0 Å². The van der Waals surface area contributed by atoms with Crippen molar-refractivity contribution in [3.8, 4) is 11.5 Å². The maximum atomic E-state index is 6.01. The van der Waals surface area contributed by atoms with E-state index in [1.165, 1.54) is 11.8 Å². The van der Waals surface area contributed by atoms with Crippen molar-refractivity contribution < 1.29 is 9.47 Å². The summed E-state index contributed by atoms with van der Waals surface area (Å²) in [5.74, 6) is 1.20. The standard InChI is InChI=1S/C17H17Cl2N3O2S/c1-23-16-8-11(9-21-22-17(20)25-2)4-6-15(16)24-10-12-3-5-13(18)14(19)7-12/h3-9H,10H2,1-2H3,(H2,20,22)/b21-9-. The molecule has 132 valence electrons. The van der Waals surface area contributed by atoms with Gasteiger partial charge < -0.3 is 15.2 Å². The predicted octanol–water partition coefficient (Wildman–Crippen LogP) is 4.59. The van der Waals surface area contributed by atoms with Gasteiger partial charge in [0.1, 0.15) is 6.61 Å². The molecule has 0 spiro atoms. The highest BCUT2D eigenvalue weighted by atomic mass is 35.5. The maximum Gasteiger partial charge on any atom is 0.180 e. The lowest BCUT2D eigenvalue weighted by atomic mass is 10.2. The summed E-state index contributed by atoms with van der Waals surface area (Å²) in [6.45, 7) is 0.342. The zero-order valence-electron chi connectivity index (χ0n) is 13.7. The molecular weight excluding hydrogens is 381 g/mol. The minimum atomic E-state index is 0.342. The van der Waals surface area contributed by atoms with Gasteiger partial charge in [-0.05, 0) is 47.7 Å². The number of nitrogens with two attached hydrogens (primary N) is 1. The van der Waals surface area contributed by atoms with Gasteiger partial charge in [-0.2, -0.15) is 5.10 Å². The van der Waals surface area contributed by atoms with Gasteiger partial charge in [-0.25, -0.2) is 0 Å². The third kappa shape index (κ3) is 5.85. The van der Waals surface area contributed by atoms with Crippen LogP contribution in [0.15, 0.2) is 46.6 Å². The van der Waals surface area contributed by atoms with E-state index in [1.54, 1.807) is 37.6 Å². The van der Waals surface area contributed by atoms with Gasteiger partial charge in [0.25, 0.3) is 0 Å². The molecule has 0 unspecified atom stereocenters. The van der Waals surface area contributed by atoms with Crippen LogP contribution in [0, 0.1) is 0 Å². The number of benzene rings is 2. The Morgan fingerprint density at radius 1 is 1.16 bits per heavy atom. The molecule has 0 fully saturated rings. The first-order valence-corrected chi connectivity index (χ1v) is 9.16. The molecule has 2 aromatic carbocycles. The number of ether oxygens (including phenoxy) is 2. The molecule has 0 heterocycles. The van der Waals surface area contributed by atoms with Crippen LogP contribution in [-0.2, 0) is 6.61 Å². The first kappa shape index (κ1) is 19.4. The number of methoxy groups -OCH3 is 1. The van der Waals surface area contributed by atoms with Gasteiger partial charge in [0.2, 0.25) is 0 Å². The van der Waals surface area contributed by atoms with Gasteiger partial charge in [0.15, 0.2) is 16.7 Å². The van der Waals surface area contributed by atoms with Gasteiger partial charge in [0.05, 0.1) is 23.4 Å². The Labute approximate surface area is 160 Å². The molecule has 2 aromatic rings. The zero-order valence-corrected chi connectivity index (χ0v) is 16.0. The number of rotatable bonds is 6. The van der Waals surface area contributed by atoms with E-state index in [9.17, 15) is 0 Å². The summed E-state index contributed by atoms with van der Waals surface area (Å²) < 4.78 is 11.2. The average Bonchev–Trinajstić information content (AvgIpc) is 2.62. The summed E-state index contributed by atoms with van der Waals surface area (Å²) in [5, 5.41) is 9.16. The van der Waals surface area contributed by atoms with Crippen molar-refractivity contribution >= 4 is 46.3 Å². The molecule has 0 aromatic heterocycles. The lowest BCUT2D eigenvalue weighted by molar-refractivity contribution is 0.284. The topological polar surface area (TPSA) is 69.2 Å². The van der Waals surface area contributed by atoms with Crippen LogP contribution < -0.4 is 15.2 Å². The molecule has 0 atom stereocenters. The molecule has 0 amide bonds. The highest BCUT2D eigenvalue weighted by molar-refractivity contribution is 8.13. The lowest BCUT2D eigenvalue weighted by Gasteiger charge is -2.11. The van der Waals surface area contributed by atoms with E-state index in [4.69, 9.17) is 38.4 Å². The summed E-state index contributed by atoms with van der Waals surface area (Å²) >= 11 is 13.2. The smallest absolute Gasteiger partial charge is 0.180 e. The predicted molar refractivity (Wildman–Crippen MR) is 107 cm³/mol. The van der Waals surface area contributed by atoms with E-state index in [0.717, 1.165) is 11.1 Å². The molecule has 8 heteroatoms. The van der Waals surface area contributed by atoms with E-state index in [0.29, 0.717) is 33.3 Å². The average molecular weight is 398 g/mol. The van der Waals surface area contributed by atoms with Crippen LogP contribution in [0.5, 0.6) is 11.5 Å². The van der Waals surface area contributed by atoms with Crippen molar-refractivity contribution in [3.05, 3.63) is 57.6 Å². The van der Waals surface area contributed by atoms with Gasteiger partial charge >= 0.3 is 0 Å². The molecule has 5 nitrogen and oxygen atoms in total. The lowest BCUT2D eigenvalue weighted by Crippen LogP contribution is -2.04. The minimum Gasteiger partial charge on any atom is -0.493 e. The van der Waals surface area contributed by atoms with Gasteiger partial charge in [-0.15, -0.1) is 5.10 Å². The molecule has 2 rings (SSSR count). The van der Waals surface area contributed by atoms with E-state index >= 15 is 0 Å². The fraction of sp³-hybridized carbons (Fsp3) is 0.176. The first-order valence-electron chi connectivity index (χ1n) is 7.18. The van der Waals surface area contributed by atoms with E-state index in [-0.39, 0.29) is 0 Å². The Kier molecular flexibility index (Phi) is 7.43. The molecule has 0 saturated heterocycles. The van der Waals surface area contributed by atoms with Crippen LogP contribution in [0.3, 0.4) is 0 Å². The quantitative estimate of drug-likeness (QED) is 0.439. The van der Waals surface area contributed by atoms with E-state index < -0.39 is 0 Å². The summed E-state index contributed by atoms with van der Waals surface area (Å²) in [4.78, 5) is 0. The van der Waals surface area contributed by atoms with Gasteiger partial charge in [-0.3, -0.25) is 0 Å². The molecule has 0 aliphatic heterocycles. The highest BCUT2D eigenvalue weighted by Crippen LogP contribution is 2.29. The van der Waals surface area contributed by atoms with Gasteiger partial charge in [0, 0.05) is 0 Å². The van der Waals surface area contributed by atoms with Crippen molar-refractivity contribution in [2.45, 2.75) is 6.61 Å². The molecule has 0 bridgehead atoms. The number of thioether (sulfide) groups is 1. The Morgan fingerprint density at radius 3 is 2.64 bits per heavy atom. The monoisotopic (exact) mass is 397 g/mol. The number of hydrogen-bond acceptors (Lipinski definition) is 5. The van der Waals surface area contributed by atoms with Crippen LogP contribution in [0.2, 0.25) is 10.0 Å². The fourth-order valence-corrected chi connectivity index (χ4v) is 2.32. The number of nitrogens with zero attached hydrogens (tertiary/aromatic N) is 2. The largest absolute Gasteiger partial charge is 0.493 e. The zero-order chi connectivity index (χ0) is 18.2. The Hall–Kier alpha value is -1.89. The fourth-order valence-electron chi connectivity index (χ4n) is 1.87. The van der Waals surface area contributed by atoms with Crippen LogP contribution in [0.4, 0.5) is 0 Å². The van der Waals surface area contributed by atoms with Crippen LogP contribution in [0.1, 0.15) is 11.1 Å². The van der Waals surface area contributed by atoms with Crippen molar-refractivity contribution in [3.63, 3.8) is 0 Å². The Bertz CT molecular complexity index is 797. The highest BCUT2D eigenvalue weighted by Gasteiger charge is 2.07. The number of amidine groups is 1. The van der Waals surface area contributed by atoms with E-state index in [1.807, 2.05) is 18.4 Å². The second-order valence-electron chi connectivity index (χ2n) is 4.83. The summed E-state index contributed by atoms with van der Waals surface area (Å²) in [6, 6.07) is 10.8. The summed E-state index contributed by atoms with van der Waals surface area (Å²) in [7, 11) is 1.58. The molecule has 2 N–H and O–H groups in total. The normalized spacial score (nSPS) is 11.8. The SMILES string of the molecule is COc1cc(/C=N\N=C(/N)SC)ccc1OCc1ccc(Cl)c(Cl)c1. The molecule has 0 aliphatic rings. The second kappa shape index (κ2) is 9.56. The van der Waals surface area contributed by atoms with Crippen LogP contribution in [-0.4, -0.2) is 24.7 Å². The molecule has 0 aliphatic carbocycles. The van der Waals surface area contributed by atoms with E-state index in [2.05, 4.69) is 10.2 Å². The van der Waals surface area contributed by atoms with Crippen molar-refractivity contribution in [2.24, 2.45) is 15.9 Å². The third-order valence-electron chi connectivity index (χ3n) is 3.14. The summed E-state index contributed by atoms with van der Waals surface area (Å²) in [6.07, 6.45) is 3.42. The third-order valence-corrected chi connectivity index (χ3v) is 4.38. The molecule has 0 saturated carbocycles. The minimum absolute atomic E-state index is 0.342. The van der Waals surface area contributed by atoms with Crippen molar-refractivity contribution in [1.82, 2.24) is 0 Å². The Morgan fingerprint density at radius 2 is 1.96 bits per heavy atom. The van der Waals surface area contributed by atoms with Crippen molar-refractivity contribution in [2.75, 3.05) is 13.4 Å². The summed E-state index contributed by atoms with van der Waals surface area (Å²) in [5.41, 5.74) is 7.29. The Balaban J connectivity index is 2.09. The van der Waals surface area contributed by atoms with Crippen molar-refractivity contribution in [1.29, 1.82) is 0 Å². The van der Waals surface area contributed by atoms with Crippen LogP contribution >= 0.6 is 35.0 Å².